The molecule has 1 aromatic heterocycles. The molecule has 4 heteroatoms. The molecule has 1 unspecified atom stereocenters. The van der Waals surface area contributed by atoms with Crippen LogP contribution in [-0.2, 0) is 13.0 Å². The summed E-state index contributed by atoms with van der Waals surface area (Å²) >= 11 is 3.48. The van der Waals surface area contributed by atoms with Crippen molar-refractivity contribution < 1.29 is 0 Å². The molecule has 3 nitrogen and oxygen atoms in total. The fourth-order valence-corrected chi connectivity index (χ4v) is 2.40. The minimum Gasteiger partial charge on any atom is -0.324 e. The normalized spacial score (nSPS) is 12.6. The molecule has 0 aliphatic rings. The van der Waals surface area contributed by atoms with E-state index >= 15 is 0 Å². The number of nitrogens with two attached hydrogens (primary N) is 1. The third-order valence-electron chi connectivity index (χ3n) is 2.88. The topological polar surface area (TPSA) is 43.8 Å². The molecular weight excluding hydrogens is 290 g/mol. The number of rotatable bonds is 5. The molecule has 1 atom stereocenters. The predicted molar refractivity (Wildman–Crippen MR) is 77.3 cm³/mol. The fourth-order valence-electron chi connectivity index (χ4n) is 1.96. The zero-order valence-corrected chi connectivity index (χ0v) is 12.1. The lowest BCUT2D eigenvalue weighted by Crippen LogP contribution is -2.12. The maximum absolute atomic E-state index is 6.22. The van der Waals surface area contributed by atoms with E-state index in [0.717, 1.165) is 29.4 Å². The van der Waals surface area contributed by atoms with Crippen molar-refractivity contribution in [3.8, 4) is 0 Å². The van der Waals surface area contributed by atoms with Crippen LogP contribution in [0.3, 0.4) is 0 Å². The van der Waals surface area contributed by atoms with E-state index < -0.39 is 0 Å². The van der Waals surface area contributed by atoms with Crippen molar-refractivity contribution in [2.75, 3.05) is 0 Å². The van der Waals surface area contributed by atoms with Crippen LogP contribution in [0.1, 0.15) is 30.5 Å². The van der Waals surface area contributed by atoms with Crippen molar-refractivity contribution in [1.29, 1.82) is 0 Å². The molecule has 1 aromatic carbocycles. The molecule has 0 amide bonds. The summed E-state index contributed by atoms with van der Waals surface area (Å²) in [6, 6.07) is 8.27. The highest BCUT2D eigenvalue weighted by Crippen LogP contribution is 2.18. The van der Waals surface area contributed by atoms with Gasteiger partial charge < -0.3 is 5.73 Å². The minimum absolute atomic E-state index is 0.00454. The smallest absolute Gasteiger partial charge is 0.0537 e. The third-order valence-corrected chi connectivity index (χ3v) is 3.37. The molecule has 2 rings (SSSR count). The highest BCUT2D eigenvalue weighted by Gasteiger charge is 2.09. The summed E-state index contributed by atoms with van der Waals surface area (Å²) in [5.74, 6) is 0. The SMILES string of the molecule is CCCn1cc(C(N)Cc2cccc(Br)c2)cn1. The van der Waals surface area contributed by atoms with E-state index in [1.807, 2.05) is 29.2 Å². The van der Waals surface area contributed by atoms with E-state index in [-0.39, 0.29) is 6.04 Å². The van der Waals surface area contributed by atoms with E-state index in [1.165, 1.54) is 5.56 Å². The molecule has 0 aliphatic heterocycles. The van der Waals surface area contributed by atoms with Crippen molar-refractivity contribution in [2.24, 2.45) is 5.73 Å². The summed E-state index contributed by atoms with van der Waals surface area (Å²) in [7, 11) is 0. The molecule has 0 saturated carbocycles. The van der Waals surface area contributed by atoms with Crippen LogP contribution in [0, 0.1) is 0 Å². The number of hydrogen-bond acceptors (Lipinski definition) is 2. The Morgan fingerprint density at radius 3 is 3.00 bits per heavy atom. The van der Waals surface area contributed by atoms with Gasteiger partial charge in [0.2, 0.25) is 0 Å². The van der Waals surface area contributed by atoms with Gasteiger partial charge in [0.1, 0.15) is 0 Å². The van der Waals surface area contributed by atoms with Crippen LogP contribution in [0.25, 0.3) is 0 Å². The minimum atomic E-state index is 0.00454. The Labute approximate surface area is 116 Å². The average Bonchev–Trinajstić information content (AvgIpc) is 2.78. The van der Waals surface area contributed by atoms with Crippen LogP contribution in [0.5, 0.6) is 0 Å². The number of benzene rings is 1. The number of nitrogens with zero attached hydrogens (tertiary/aromatic N) is 2. The lowest BCUT2D eigenvalue weighted by molar-refractivity contribution is 0.601. The first kappa shape index (κ1) is 13.3. The largest absolute Gasteiger partial charge is 0.324 e. The Morgan fingerprint density at radius 1 is 1.44 bits per heavy atom. The average molecular weight is 308 g/mol. The highest BCUT2D eigenvalue weighted by molar-refractivity contribution is 9.10. The van der Waals surface area contributed by atoms with Crippen molar-refractivity contribution in [1.82, 2.24) is 9.78 Å². The van der Waals surface area contributed by atoms with Gasteiger partial charge in [-0.25, -0.2) is 0 Å². The lowest BCUT2D eigenvalue weighted by Gasteiger charge is -2.09. The molecule has 0 radical (unpaired) electrons. The van der Waals surface area contributed by atoms with Gasteiger partial charge in [0.25, 0.3) is 0 Å². The van der Waals surface area contributed by atoms with Crippen LogP contribution < -0.4 is 5.73 Å². The first-order valence-electron chi connectivity index (χ1n) is 6.21. The summed E-state index contributed by atoms with van der Waals surface area (Å²) in [5.41, 5.74) is 8.55. The zero-order valence-electron chi connectivity index (χ0n) is 10.5. The van der Waals surface area contributed by atoms with Crippen molar-refractivity contribution in [2.45, 2.75) is 32.4 Å². The lowest BCUT2D eigenvalue weighted by atomic mass is 10.0. The van der Waals surface area contributed by atoms with Gasteiger partial charge >= 0.3 is 0 Å². The van der Waals surface area contributed by atoms with Gasteiger partial charge in [-0.2, -0.15) is 5.10 Å². The van der Waals surface area contributed by atoms with E-state index in [9.17, 15) is 0 Å². The number of aryl methyl sites for hydroxylation is 1. The first-order valence-corrected chi connectivity index (χ1v) is 7.00. The first-order chi connectivity index (χ1) is 8.69. The quantitative estimate of drug-likeness (QED) is 0.921. The second-order valence-electron chi connectivity index (χ2n) is 4.48. The molecule has 0 fully saturated rings. The van der Waals surface area contributed by atoms with Gasteiger partial charge in [-0.1, -0.05) is 35.0 Å². The van der Waals surface area contributed by atoms with Gasteiger partial charge in [-0.15, -0.1) is 0 Å². The second kappa shape index (κ2) is 6.16. The van der Waals surface area contributed by atoms with E-state index in [0.29, 0.717) is 0 Å². The Hall–Kier alpha value is -1.13. The molecule has 18 heavy (non-hydrogen) atoms. The number of halogens is 1. The second-order valence-corrected chi connectivity index (χ2v) is 5.39. The van der Waals surface area contributed by atoms with Crippen LogP contribution in [0.2, 0.25) is 0 Å². The molecular formula is C14H18BrN3. The zero-order chi connectivity index (χ0) is 13.0. The summed E-state index contributed by atoms with van der Waals surface area (Å²) in [5, 5.41) is 4.31. The summed E-state index contributed by atoms with van der Waals surface area (Å²) in [4.78, 5) is 0. The molecule has 0 bridgehead atoms. The van der Waals surface area contributed by atoms with Gasteiger partial charge in [-0.05, 0) is 30.5 Å². The standard InChI is InChI=1S/C14H18BrN3/c1-2-6-18-10-12(9-17-18)14(16)8-11-4-3-5-13(15)7-11/h3-5,7,9-10,14H,2,6,8,16H2,1H3. The van der Waals surface area contributed by atoms with E-state index in [1.54, 1.807) is 0 Å². The number of aromatic nitrogens is 2. The predicted octanol–water partition coefficient (Wildman–Crippen LogP) is 3.30. The van der Waals surface area contributed by atoms with Crippen LogP contribution in [-0.4, -0.2) is 9.78 Å². The van der Waals surface area contributed by atoms with Gasteiger partial charge in [0.05, 0.1) is 6.20 Å². The molecule has 2 aromatic rings. The highest BCUT2D eigenvalue weighted by atomic mass is 79.9. The van der Waals surface area contributed by atoms with Gasteiger partial charge in [0, 0.05) is 28.8 Å². The van der Waals surface area contributed by atoms with Crippen LogP contribution in [0.15, 0.2) is 41.1 Å². The molecule has 96 valence electrons. The van der Waals surface area contributed by atoms with Crippen molar-refractivity contribution >= 4 is 15.9 Å². The number of hydrogen-bond donors (Lipinski definition) is 1. The monoisotopic (exact) mass is 307 g/mol. The summed E-state index contributed by atoms with van der Waals surface area (Å²) in [6.07, 6.45) is 5.84. The Bertz CT molecular complexity index is 507. The summed E-state index contributed by atoms with van der Waals surface area (Å²) in [6.45, 7) is 3.09. The van der Waals surface area contributed by atoms with E-state index in [4.69, 9.17) is 5.73 Å². The molecule has 0 aliphatic carbocycles. The maximum atomic E-state index is 6.22. The van der Waals surface area contributed by atoms with Crippen LogP contribution in [0.4, 0.5) is 0 Å². The summed E-state index contributed by atoms with van der Waals surface area (Å²) < 4.78 is 3.05. The molecule has 2 N–H and O–H groups in total. The molecule has 0 saturated heterocycles. The van der Waals surface area contributed by atoms with Gasteiger partial charge in [-0.3, -0.25) is 4.68 Å². The fraction of sp³-hybridized carbons (Fsp3) is 0.357. The van der Waals surface area contributed by atoms with Crippen LogP contribution >= 0.6 is 15.9 Å². The maximum Gasteiger partial charge on any atom is 0.0537 e. The third kappa shape index (κ3) is 3.43. The molecule has 0 spiro atoms. The van der Waals surface area contributed by atoms with Crippen molar-refractivity contribution in [3.63, 3.8) is 0 Å². The van der Waals surface area contributed by atoms with Gasteiger partial charge in [0.15, 0.2) is 0 Å². The molecule has 1 heterocycles. The Kier molecular flexibility index (Phi) is 4.55. The Morgan fingerprint density at radius 2 is 2.28 bits per heavy atom. The Balaban J connectivity index is 2.04. The van der Waals surface area contributed by atoms with Crippen molar-refractivity contribution in [3.05, 3.63) is 52.3 Å². The van der Waals surface area contributed by atoms with E-state index in [2.05, 4.69) is 40.1 Å².